The van der Waals surface area contributed by atoms with Crippen molar-refractivity contribution >= 4 is 22.9 Å². The fourth-order valence-electron chi connectivity index (χ4n) is 3.94. The summed E-state index contributed by atoms with van der Waals surface area (Å²) in [5.41, 5.74) is 1.73. The number of methoxy groups -OCH3 is 1. The molecule has 1 saturated heterocycles. The lowest BCUT2D eigenvalue weighted by Crippen LogP contribution is -2.37. The second-order valence-corrected chi connectivity index (χ2v) is 8.65. The van der Waals surface area contributed by atoms with Crippen molar-refractivity contribution in [2.24, 2.45) is 0 Å². The van der Waals surface area contributed by atoms with Crippen LogP contribution in [-0.2, 0) is 4.74 Å². The Labute approximate surface area is 200 Å². The van der Waals surface area contributed by atoms with E-state index in [1.54, 1.807) is 13.1 Å². The molecule has 188 valence electrons. The van der Waals surface area contributed by atoms with Crippen molar-refractivity contribution in [3.63, 3.8) is 0 Å². The van der Waals surface area contributed by atoms with Crippen LogP contribution in [0.5, 0.6) is 6.01 Å². The summed E-state index contributed by atoms with van der Waals surface area (Å²) in [5.74, 6) is -3.71. The van der Waals surface area contributed by atoms with Gasteiger partial charge in [-0.15, -0.1) is 0 Å². The molecule has 1 aliphatic rings. The number of carbonyl (C=O) groups is 1. The second kappa shape index (κ2) is 10.4. The Morgan fingerprint density at radius 2 is 2.09 bits per heavy atom. The van der Waals surface area contributed by atoms with Gasteiger partial charge in [0.15, 0.2) is 5.65 Å². The molecule has 11 nitrogen and oxygen atoms in total. The van der Waals surface area contributed by atoms with Crippen molar-refractivity contribution < 1.29 is 23.0 Å². The standard InChI is InChI=1S/C22H28F2N8O3/c1-13(11-34-3)35-21-28-18(19(33)26-12-22(2,23)24)27-20(29-21)32-9-6-14(7-10-32)16-15-5-4-8-25-17(15)31-30-16/h4-5,8,13-14H,6-7,9-12H2,1-3H3,(H,26,33)(H,25,30,31)/t13-/m1/s1. The SMILES string of the molecule is COC[C@@H](C)Oc1nc(C(=O)NCC(C)(F)F)nc(N2CCC(c3n[nH]c4ncccc34)CC2)n1. The van der Waals surface area contributed by atoms with E-state index >= 15 is 0 Å². The van der Waals surface area contributed by atoms with Crippen molar-refractivity contribution in [1.29, 1.82) is 0 Å². The van der Waals surface area contributed by atoms with E-state index < -0.39 is 24.5 Å². The lowest BCUT2D eigenvalue weighted by Gasteiger charge is -2.31. The number of aromatic amines is 1. The number of fused-ring (bicyclic) bond motifs is 1. The highest BCUT2D eigenvalue weighted by atomic mass is 19.3. The quantitative estimate of drug-likeness (QED) is 0.464. The molecule has 1 atom stereocenters. The normalized spacial score (nSPS) is 15.9. The molecule has 35 heavy (non-hydrogen) atoms. The number of piperidine rings is 1. The molecular weight excluding hydrogens is 462 g/mol. The van der Waals surface area contributed by atoms with Crippen LogP contribution in [0.25, 0.3) is 11.0 Å². The third-order valence-electron chi connectivity index (χ3n) is 5.60. The van der Waals surface area contributed by atoms with Gasteiger partial charge in [-0.2, -0.15) is 20.1 Å². The minimum absolute atomic E-state index is 0.0700. The maximum absolute atomic E-state index is 13.2. The Balaban J connectivity index is 1.52. The van der Waals surface area contributed by atoms with Crippen LogP contribution in [0.1, 0.15) is 48.9 Å². The molecular formula is C22H28F2N8O3. The lowest BCUT2D eigenvalue weighted by atomic mass is 9.92. The van der Waals surface area contributed by atoms with Gasteiger partial charge in [-0.3, -0.25) is 9.89 Å². The number of halogens is 2. The average molecular weight is 491 g/mol. The van der Waals surface area contributed by atoms with Crippen molar-refractivity contribution in [1.82, 2.24) is 35.5 Å². The summed E-state index contributed by atoms with van der Waals surface area (Å²) in [5, 5.41) is 10.6. The van der Waals surface area contributed by atoms with Gasteiger partial charge in [-0.1, -0.05) is 0 Å². The number of hydrogen-bond acceptors (Lipinski definition) is 9. The summed E-state index contributed by atoms with van der Waals surface area (Å²) < 4.78 is 37.2. The van der Waals surface area contributed by atoms with E-state index in [1.165, 1.54) is 7.11 Å². The van der Waals surface area contributed by atoms with Crippen molar-refractivity contribution in [2.75, 3.05) is 38.3 Å². The molecule has 2 N–H and O–H groups in total. The molecule has 1 fully saturated rings. The third kappa shape index (κ3) is 6.15. The number of alkyl halides is 2. The van der Waals surface area contributed by atoms with Gasteiger partial charge in [-0.25, -0.2) is 13.8 Å². The first-order valence-electron chi connectivity index (χ1n) is 11.3. The first-order chi connectivity index (χ1) is 16.7. The smallest absolute Gasteiger partial charge is 0.322 e. The molecule has 1 amide bonds. The highest BCUT2D eigenvalue weighted by molar-refractivity contribution is 5.90. The second-order valence-electron chi connectivity index (χ2n) is 8.65. The van der Waals surface area contributed by atoms with Crippen LogP contribution in [0, 0.1) is 0 Å². The van der Waals surface area contributed by atoms with E-state index in [9.17, 15) is 13.6 Å². The monoisotopic (exact) mass is 490 g/mol. The zero-order chi connectivity index (χ0) is 25.0. The van der Waals surface area contributed by atoms with E-state index in [4.69, 9.17) is 9.47 Å². The van der Waals surface area contributed by atoms with Crippen LogP contribution in [0.4, 0.5) is 14.7 Å². The predicted octanol–water partition coefficient (Wildman–Crippen LogP) is 2.33. The molecule has 0 bridgehead atoms. The van der Waals surface area contributed by atoms with Gasteiger partial charge in [0.25, 0.3) is 11.8 Å². The summed E-state index contributed by atoms with van der Waals surface area (Å²) >= 11 is 0. The number of carbonyl (C=O) groups excluding carboxylic acids is 1. The van der Waals surface area contributed by atoms with Gasteiger partial charge < -0.3 is 19.7 Å². The maximum atomic E-state index is 13.2. The number of aromatic nitrogens is 6. The number of rotatable bonds is 9. The van der Waals surface area contributed by atoms with Gasteiger partial charge in [0.05, 0.1) is 18.8 Å². The van der Waals surface area contributed by atoms with Crippen LogP contribution in [0.15, 0.2) is 18.3 Å². The van der Waals surface area contributed by atoms with E-state index in [0.29, 0.717) is 13.1 Å². The molecule has 1 aliphatic heterocycles. The largest absolute Gasteiger partial charge is 0.458 e. The Kier molecular flexibility index (Phi) is 7.34. The first kappa shape index (κ1) is 24.6. The number of nitrogens with one attached hydrogen (secondary N) is 2. The van der Waals surface area contributed by atoms with Gasteiger partial charge in [0.2, 0.25) is 11.8 Å². The molecule has 0 aromatic carbocycles. The van der Waals surface area contributed by atoms with Gasteiger partial charge >= 0.3 is 6.01 Å². The number of anilines is 1. The molecule has 3 aromatic heterocycles. The summed E-state index contributed by atoms with van der Waals surface area (Å²) in [7, 11) is 1.53. The Morgan fingerprint density at radius 1 is 1.31 bits per heavy atom. The number of amides is 1. The molecule has 13 heteroatoms. The van der Waals surface area contributed by atoms with Crippen LogP contribution >= 0.6 is 0 Å². The zero-order valence-corrected chi connectivity index (χ0v) is 19.8. The summed E-state index contributed by atoms with van der Waals surface area (Å²) in [6.45, 7) is 3.13. The Hall–Kier alpha value is -3.48. The number of H-pyrrole nitrogens is 1. The van der Waals surface area contributed by atoms with Gasteiger partial charge in [0, 0.05) is 44.6 Å². The fourth-order valence-corrected chi connectivity index (χ4v) is 3.94. The van der Waals surface area contributed by atoms with Crippen LogP contribution in [-0.4, -0.2) is 81.4 Å². The number of pyridine rings is 1. The highest BCUT2D eigenvalue weighted by Gasteiger charge is 2.28. The average Bonchev–Trinajstić information content (AvgIpc) is 3.26. The molecule has 0 unspecified atom stereocenters. The lowest BCUT2D eigenvalue weighted by molar-refractivity contribution is 0.0219. The first-order valence-corrected chi connectivity index (χ1v) is 11.3. The third-order valence-corrected chi connectivity index (χ3v) is 5.60. The van der Waals surface area contributed by atoms with Crippen molar-refractivity contribution in [2.45, 2.75) is 44.6 Å². The molecule has 0 spiro atoms. The number of nitrogens with zero attached hydrogens (tertiary/aromatic N) is 6. The molecule has 0 radical (unpaired) electrons. The van der Waals surface area contributed by atoms with Crippen molar-refractivity contribution in [3.05, 3.63) is 29.8 Å². The predicted molar refractivity (Wildman–Crippen MR) is 123 cm³/mol. The Bertz CT molecular complexity index is 1160. The minimum atomic E-state index is -3.06. The number of ether oxygens (including phenoxy) is 2. The van der Waals surface area contributed by atoms with Crippen LogP contribution in [0.2, 0.25) is 0 Å². The summed E-state index contributed by atoms with van der Waals surface area (Å²) in [4.78, 5) is 31.4. The van der Waals surface area contributed by atoms with Crippen LogP contribution in [0.3, 0.4) is 0 Å². The van der Waals surface area contributed by atoms with E-state index in [0.717, 1.165) is 36.5 Å². The van der Waals surface area contributed by atoms with Crippen LogP contribution < -0.4 is 15.0 Å². The zero-order valence-electron chi connectivity index (χ0n) is 19.8. The fraction of sp³-hybridized carbons (Fsp3) is 0.545. The van der Waals surface area contributed by atoms with E-state index in [1.807, 2.05) is 17.0 Å². The maximum Gasteiger partial charge on any atom is 0.322 e. The summed E-state index contributed by atoms with van der Waals surface area (Å²) in [6, 6.07) is 3.81. The topological polar surface area (TPSA) is 131 Å². The van der Waals surface area contributed by atoms with Crippen molar-refractivity contribution in [3.8, 4) is 6.01 Å². The minimum Gasteiger partial charge on any atom is -0.458 e. The molecule has 0 aliphatic carbocycles. The molecule has 0 saturated carbocycles. The Morgan fingerprint density at radius 3 is 2.80 bits per heavy atom. The van der Waals surface area contributed by atoms with E-state index in [-0.39, 0.29) is 30.3 Å². The van der Waals surface area contributed by atoms with E-state index in [2.05, 4.69) is 35.5 Å². The molecule has 3 aromatic rings. The summed E-state index contributed by atoms with van der Waals surface area (Å²) in [6.07, 6.45) is 2.88. The van der Waals surface area contributed by atoms with Gasteiger partial charge in [0.1, 0.15) is 6.10 Å². The molecule has 4 heterocycles. The molecule has 4 rings (SSSR count). The highest BCUT2D eigenvalue weighted by Crippen LogP contribution is 2.32. The van der Waals surface area contributed by atoms with Gasteiger partial charge in [-0.05, 0) is 31.9 Å². The number of hydrogen-bond donors (Lipinski definition) is 2.